The quantitative estimate of drug-likeness (QED) is 0.672. The van der Waals surface area contributed by atoms with E-state index in [9.17, 15) is 9.59 Å². The first-order chi connectivity index (χ1) is 6.49. The second-order valence-electron chi connectivity index (χ2n) is 4.08. The minimum atomic E-state index is -0.296. The van der Waals surface area contributed by atoms with Crippen molar-refractivity contribution in [1.29, 1.82) is 0 Å². The maximum absolute atomic E-state index is 11.8. The zero-order chi connectivity index (χ0) is 10.9. The molecule has 2 unspecified atom stereocenters. The number of nitrogens with two attached hydrogens (primary N) is 1. The lowest BCUT2D eigenvalue weighted by molar-refractivity contribution is -0.141. The summed E-state index contributed by atoms with van der Waals surface area (Å²) < 4.78 is 0. The lowest BCUT2D eigenvalue weighted by atomic mass is 9.97. The van der Waals surface area contributed by atoms with E-state index < -0.39 is 0 Å². The van der Waals surface area contributed by atoms with Crippen molar-refractivity contribution in [2.75, 3.05) is 0 Å². The molecule has 2 atom stereocenters. The van der Waals surface area contributed by atoms with Crippen LogP contribution in [0, 0.1) is 5.92 Å². The van der Waals surface area contributed by atoms with Gasteiger partial charge in [0.25, 0.3) is 0 Å². The van der Waals surface area contributed by atoms with Gasteiger partial charge in [-0.15, -0.1) is 0 Å². The fraction of sp³-hybridized carbons (Fsp3) is 0.800. The highest BCUT2D eigenvalue weighted by Gasteiger charge is 2.42. The molecule has 0 aromatic carbocycles. The molecule has 0 spiro atoms. The van der Waals surface area contributed by atoms with Crippen LogP contribution in [-0.2, 0) is 9.59 Å². The fourth-order valence-corrected chi connectivity index (χ4v) is 1.84. The second kappa shape index (κ2) is 4.09. The van der Waals surface area contributed by atoms with Gasteiger partial charge < -0.3 is 5.73 Å². The summed E-state index contributed by atoms with van der Waals surface area (Å²) in [6.07, 6.45) is 1.02. The van der Waals surface area contributed by atoms with Crippen molar-refractivity contribution in [1.82, 2.24) is 4.90 Å². The van der Waals surface area contributed by atoms with E-state index in [-0.39, 0.29) is 36.2 Å². The largest absolute Gasteiger partial charge is 0.327 e. The first-order valence-corrected chi connectivity index (χ1v) is 5.10. The molecule has 4 nitrogen and oxygen atoms in total. The van der Waals surface area contributed by atoms with Crippen molar-refractivity contribution >= 4 is 11.8 Å². The molecule has 0 aromatic heterocycles. The predicted octanol–water partition coefficient (Wildman–Crippen LogP) is 0.507. The van der Waals surface area contributed by atoms with Crippen LogP contribution in [0.1, 0.15) is 33.6 Å². The second-order valence-corrected chi connectivity index (χ2v) is 4.08. The van der Waals surface area contributed by atoms with E-state index in [1.54, 1.807) is 0 Å². The number of carbonyl (C=O) groups is 2. The Morgan fingerprint density at radius 2 is 2.07 bits per heavy atom. The summed E-state index contributed by atoms with van der Waals surface area (Å²) >= 11 is 0. The predicted molar refractivity (Wildman–Crippen MR) is 53.4 cm³/mol. The molecular weight excluding hydrogens is 180 g/mol. The average Bonchev–Trinajstić information content (AvgIpc) is 2.40. The van der Waals surface area contributed by atoms with E-state index in [2.05, 4.69) is 0 Å². The van der Waals surface area contributed by atoms with E-state index in [1.165, 1.54) is 4.90 Å². The minimum absolute atomic E-state index is 0.0518. The molecule has 0 saturated carbocycles. The Kier molecular flexibility index (Phi) is 3.26. The number of imide groups is 1. The van der Waals surface area contributed by atoms with Gasteiger partial charge in [-0.25, -0.2) is 0 Å². The third kappa shape index (κ3) is 1.80. The van der Waals surface area contributed by atoms with E-state index >= 15 is 0 Å². The van der Waals surface area contributed by atoms with Gasteiger partial charge in [0, 0.05) is 18.5 Å². The SMILES string of the molecule is CCC(N)C1CC(=O)N(C(C)C)C1=O. The van der Waals surface area contributed by atoms with Crippen LogP contribution < -0.4 is 5.73 Å². The highest BCUT2D eigenvalue weighted by Crippen LogP contribution is 2.24. The van der Waals surface area contributed by atoms with Gasteiger partial charge in [0.15, 0.2) is 0 Å². The Labute approximate surface area is 84.4 Å². The number of hydrogen-bond donors (Lipinski definition) is 1. The average molecular weight is 198 g/mol. The van der Waals surface area contributed by atoms with Gasteiger partial charge >= 0.3 is 0 Å². The number of rotatable bonds is 3. The Morgan fingerprint density at radius 3 is 2.43 bits per heavy atom. The lowest BCUT2D eigenvalue weighted by Crippen LogP contribution is -2.40. The van der Waals surface area contributed by atoms with Crippen molar-refractivity contribution in [2.24, 2.45) is 11.7 Å². The van der Waals surface area contributed by atoms with Gasteiger partial charge in [-0.2, -0.15) is 0 Å². The zero-order valence-corrected chi connectivity index (χ0v) is 8.99. The van der Waals surface area contributed by atoms with E-state index in [0.29, 0.717) is 0 Å². The molecular formula is C10H18N2O2. The first-order valence-electron chi connectivity index (χ1n) is 5.10. The summed E-state index contributed by atoms with van der Waals surface area (Å²) in [6.45, 7) is 5.62. The molecule has 0 radical (unpaired) electrons. The van der Waals surface area contributed by atoms with Crippen molar-refractivity contribution in [2.45, 2.75) is 45.7 Å². The molecule has 0 bridgehead atoms. The van der Waals surface area contributed by atoms with Gasteiger partial charge in [0.2, 0.25) is 11.8 Å². The van der Waals surface area contributed by atoms with Crippen molar-refractivity contribution in [3.63, 3.8) is 0 Å². The molecule has 4 heteroatoms. The molecule has 0 aromatic rings. The molecule has 2 N–H and O–H groups in total. The summed E-state index contributed by atoms with van der Waals surface area (Å²) in [5.41, 5.74) is 5.79. The normalized spacial score (nSPS) is 24.9. The molecule has 1 aliphatic heterocycles. The van der Waals surface area contributed by atoms with Crippen molar-refractivity contribution < 1.29 is 9.59 Å². The van der Waals surface area contributed by atoms with E-state index in [1.807, 2.05) is 20.8 Å². The van der Waals surface area contributed by atoms with Gasteiger partial charge in [-0.05, 0) is 20.3 Å². The third-order valence-corrected chi connectivity index (χ3v) is 2.72. The molecule has 2 amide bonds. The Bertz CT molecular complexity index is 251. The van der Waals surface area contributed by atoms with Crippen LogP contribution in [0.5, 0.6) is 0 Å². The number of amides is 2. The maximum Gasteiger partial charge on any atom is 0.234 e. The molecule has 1 heterocycles. The Hall–Kier alpha value is -0.900. The van der Waals surface area contributed by atoms with Crippen LogP contribution >= 0.6 is 0 Å². The Balaban J connectivity index is 2.79. The van der Waals surface area contributed by atoms with E-state index in [4.69, 9.17) is 5.73 Å². The van der Waals surface area contributed by atoms with Gasteiger partial charge in [0.1, 0.15) is 0 Å². The maximum atomic E-state index is 11.8. The van der Waals surface area contributed by atoms with Crippen LogP contribution in [0.4, 0.5) is 0 Å². The number of hydrogen-bond acceptors (Lipinski definition) is 3. The number of likely N-dealkylation sites (tertiary alicyclic amines) is 1. The monoisotopic (exact) mass is 198 g/mol. The molecule has 0 aliphatic carbocycles. The van der Waals surface area contributed by atoms with E-state index in [0.717, 1.165) is 6.42 Å². The van der Waals surface area contributed by atoms with Crippen molar-refractivity contribution in [3.05, 3.63) is 0 Å². The van der Waals surface area contributed by atoms with Gasteiger partial charge in [0.05, 0.1) is 5.92 Å². The van der Waals surface area contributed by atoms with Crippen LogP contribution in [0.25, 0.3) is 0 Å². The van der Waals surface area contributed by atoms with Crippen LogP contribution in [0.2, 0.25) is 0 Å². The third-order valence-electron chi connectivity index (χ3n) is 2.72. The summed E-state index contributed by atoms with van der Waals surface area (Å²) in [6, 6.07) is -0.237. The van der Waals surface area contributed by atoms with Gasteiger partial charge in [-0.1, -0.05) is 6.92 Å². The van der Waals surface area contributed by atoms with Crippen LogP contribution in [-0.4, -0.2) is 28.8 Å². The molecule has 1 fully saturated rings. The molecule has 1 saturated heterocycles. The van der Waals surface area contributed by atoms with Crippen LogP contribution in [0.3, 0.4) is 0 Å². The lowest BCUT2D eigenvalue weighted by Gasteiger charge is -2.20. The molecule has 1 aliphatic rings. The molecule has 1 rings (SSSR count). The number of nitrogens with zero attached hydrogens (tertiary/aromatic N) is 1. The van der Waals surface area contributed by atoms with Gasteiger partial charge in [-0.3, -0.25) is 14.5 Å². The molecule has 80 valence electrons. The molecule has 14 heavy (non-hydrogen) atoms. The Morgan fingerprint density at radius 1 is 1.50 bits per heavy atom. The smallest absolute Gasteiger partial charge is 0.234 e. The summed E-state index contributed by atoms with van der Waals surface area (Å²) in [4.78, 5) is 24.6. The first kappa shape index (κ1) is 11.2. The summed E-state index contributed by atoms with van der Waals surface area (Å²) in [5, 5.41) is 0. The fourth-order valence-electron chi connectivity index (χ4n) is 1.84. The minimum Gasteiger partial charge on any atom is -0.327 e. The van der Waals surface area contributed by atoms with Crippen molar-refractivity contribution in [3.8, 4) is 0 Å². The summed E-state index contributed by atoms with van der Waals surface area (Å²) in [5.74, 6) is -0.479. The zero-order valence-electron chi connectivity index (χ0n) is 8.99. The van der Waals surface area contributed by atoms with Crippen LogP contribution in [0.15, 0.2) is 0 Å². The highest BCUT2D eigenvalue weighted by molar-refractivity contribution is 6.04. The number of carbonyl (C=O) groups excluding carboxylic acids is 2. The highest BCUT2D eigenvalue weighted by atomic mass is 16.2. The standard InChI is InChI=1S/C10H18N2O2/c1-4-8(11)7-5-9(13)12(6(2)3)10(7)14/h6-8H,4-5,11H2,1-3H3. The summed E-state index contributed by atoms with van der Waals surface area (Å²) in [7, 11) is 0. The topological polar surface area (TPSA) is 63.4 Å².